The van der Waals surface area contributed by atoms with E-state index in [1.165, 1.54) is 12.1 Å². The smallest absolute Gasteiger partial charge is 0.393 e. The average molecular weight is 301 g/mol. The summed E-state index contributed by atoms with van der Waals surface area (Å²) in [5.41, 5.74) is -0.383. The number of carbonyl (C=O) groups is 1. The Morgan fingerprint density at radius 1 is 1.48 bits per heavy atom. The van der Waals surface area contributed by atoms with Gasteiger partial charge in [0, 0.05) is 19.0 Å². The molecule has 0 bridgehead atoms. The van der Waals surface area contributed by atoms with Gasteiger partial charge in [-0.3, -0.25) is 4.79 Å². The summed E-state index contributed by atoms with van der Waals surface area (Å²) in [6, 6.07) is 4.84. The van der Waals surface area contributed by atoms with Crippen LogP contribution in [0.3, 0.4) is 0 Å². The van der Waals surface area contributed by atoms with Crippen molar-refractivity contribution < 1.29 is 23.1 Å². The van der Waals surface area contributed by atoms with Crippen molar-refractivity contribution in [3.05, 3.63) is 35.4 Å². The van der Waals surface area contributed by atoms with E-state index >= 15 is 0 Å². The highest BCUT2D eigenvalue weighted by Crippen LogP contribution is 2.30. The molecule has 2 atom stereocenters. The van der Waals surface area contributed by atoms with Gasteiger partial charge in [-0.2, -0.15) is 13.2 Å². The molecule has 1 N–H and O–H groups in total. The number of rotatable bonds is 3. The van der Waals surface area contributed by atoms with Crippen LogP contribution < -0.4 is 0 Å². The first-order valence-corrected chi connectivity index (χ1v) is 6.89. The molecule has 6 heteroatoms. The SMILES string of the molecule is CC(O)C1CCN(C(=O)Cc2cccc(C(F)(F)F)c2)C1. The molecule has 2 unspecified atom stereocenters. The second kappa shape index (κ2) is 6.05. The molecule has 1 fully saturated rings. The largest absolute Gasteiger partial charge is 0.416 e. The summed E-state index contributed by atoms with van der Waals surface area (Å²) in [4.78, 5) is 13.7. The summed E-state index contributed by atoms with van der Waals surface area (Å²) in [6.45, 7) is 2.70. The van der Waals surface area contributed by atoms with Crippen LogP contribution in [0.15, 0.2) is 24.3 Å². The zero-order valence-corrected chi connectivity index (χ0v) is 11.7. The van der Waals surface area contributed by atoms with Gasteiger partial charge in [-0.05, 0) is 25.0 Å². The van der Waals surface area contributed by atoms with Crippen molar-refractivity contribution in [2.45, 2.75) is 32.0 Å². The molecule has 21 heavy (non-hydrogen) atoms. The second-order valence-electron chi connectivity index (χ2n) is 5.50. The predicted octanol–water partition coefficient (Wildman–Crippen LogP) is 2.48. The first-order valence-electron chi connectivity index (χ1n) is 6.89. The summed E-state index contributed by atoms with van der Waals surface area (Å²) in [5, 5.41) is 9.50. The molecule has 0 aromatic heterocycles. The lowest BCUT2D eigenvalue weighted by Gasteiger charge is -2.18. The summed E-state index contributed by atoms with van der Waals surface area (Å²) in [6.07, 6.45) is -4.19. The normalized spacial score (nSPS) is 20.6. The van der Waals surface area contributed by atoms with E-state index in [-0.39, 0.29) is 18.2 Å². The third kappa shape index (κ3) is 3.97. The number of hydrogen-bond acceptors (Lipinski definition) is 2. The van der Waals surface area contributed by atoms with E-state index in [2.05, 4.69) is 0 Å². The number of likely N-dealkylation sites (tertiary alicyclic amines) is 1. The average Bonchev–Trinajstić information content (AvgIpc) is 2.88. The maximum absolute atomic E-state index is 12.6. The molecule has 0 aliphatic carbocycles. The number of benzene rings is 1. The number of aliphatic hydroxyl groups is 1. The maximum Gasteiger partial charge on any atom is 0.416 e. The highest BCUT2D eigenvalue weighted by molar-refractivity contribution is 5.79. The zero-order valence-electron chi connectivity index (χ0n) is 11.7. The Labute approximate surface area is 121 Å². The van der Waals surface area contributed by atoms with Crippen LogP contribution in [-0.2, 0) is 17.4 Å². The number of hydrogen-bond donors (Lipinski definition) is 1. The highest BCUT2D eigenvalue weighted by Gasteiger charge is 2.31. The summed E-state index contributed by atoms with van der Waals surface area (Å²) in [7, 11) is 0. The Balaban J connectivity index is 2.01. The molecule has 1 aliphatic heterocycles. The van der Waals surface area contributed by atoms with Crippen LogP contribution in [0.5, 0.6) is 0 Å². The van der Waals surface area contributed by atoms with Gasteiger partial charge in [0.1, 0.15) is 0 Å². The molecular weight excluding hydrogens is 283 g/mol. The highest BCUT2D eigenvalue weighted by atomic mass is 19.4. The van der Waals surface area contributed by atoms with Crippen LogP contribution in [0.25, 0.3) is 0 Å². The van der Waals surface area contributed by atoms with Gasteiger partial charge < -0.3 is 10.0 Å². The first kappa shape index (κ1) is 15.8. The lowest BCUT2D eigenvalue weighted by Crippen LogP contribution is -2.31. The van der Waals surface area contributed by atoms with Gasteiger partial charge in [0.2, 0.25) is 5.91 Å². The number of nitrogens with zero attached hydrogens (tertiary/aromatic N) is 1. The maximum atomic E-state index is 12.6. The Kier molecular flexibility index (Phi) is 4.56. The lowest BCUT2D eigenvalue weighted by molar-refractivity contribution is -0.138. The summed E-state index contributed by atoms with van der Waals surface area (Å²) in [5.74, 6) is -0.145. The fourth-order valence-corrected chi connectivity index (χ4v) is 2.55. The monoisotopic (exact) mass is 301 g/mol. The van der Waals surface area contributed by atoms with E-state index < -0.39 is 17.8 Å². The number of carbonyl (C=O) groups excluding carboxylic acids is 1. The van der Waals surface area contributed by atoms with Gasteiger partial charge in [0.05, 0.1) is 18.1 Å². The lowest BCUT2D eigenvalue weighted by atomic mass is 10.0. The number of aliphatic hydroxyl groups excluding tert-OH is 1. The van der Waals surface area contributed by atoms with Crippen molar-refractivity contribution in [3.8, 4) is 0 Å². The van der Waals surface area contributed by atoms with E-state index in [4.69, 9.17) is 0 Å². The van der Waals surface area contributed by atoms with Crippen molar-refractivity contribution in [2.75, 3.05) is 13.1 Å². The predicted molar refractivity (Wildman–Crippen MR) is 71.5 cm³/mol. The van der Waals surface area contributed by atoms with E-state index in [9.17, 15) is 23.1 Å². The quantitative estimate of drug-likeness (QED) is 0.932. The number of amides is 1. The Bertz CT molecular complexity index is 514. The Morgan fingerprint density at radius 3 is 2.76 bits per heavy atom. The summed E-state index contributed by atoms with van der Waals surface area (Å²) >= 11 is 0. The minimum absolute atomic E-state index is 0.0452. The van der Waals surface area contributed by atoms with Crippen LogP contribution in [0.4, 0.5) is 13.2 Å². The standard InChI is InChI=1S/C15H18F3NO2/c1-10(20)12-5-6-19(9-12)14(21)8-11-3-2-4-13(7-11)15(16,17)18/h2-4,7,10,12,20H,5-6,8-9H2,1H3. The van der Waals surface area contributed by atoms with E-state index in [0.717, 1.165) is 18.6 Å². The van der Waals surface area contributed by atoms with Gasteiger partial charge in [0.25, 0.3) is 0 Å². The third-order valence-corrected chi connectivity index (χ3v) is 3.87. The second-order valence-corrected chi connectivity index (χ2v) is 5.50. The van der Waals surface area contributed by atoms with Crippen molar-refractivity contribution in [3.63, 3.8) is 0 Å². The van der Waals surface area contributed by atoms with Gasteiger partial charge in [0.15, 0.2) is 0 Å². The van der Waals surface area contributed by atoms with Crippen molar-refractivity contribution in [1.29, 1.82) is 0 Å². The number of alkyl halides is 3. The van der Waals surface area contributed by atoms with Gasteiger partial charge in [-0.25, -0.2) is 0 Å². The first-order chi connectivity index (χ1) is 9.77. The minimum atomic E-state index is -4.40. The van der Waals surface area contributed by atoms with Crippen molar-refractivity contribution in [1.82, 2.24) is 4.90 Å². The molecule has 1 aromatic carbocycles. The van der Waals surface area contributed by atoms with Crippen molar-refractivity contribution >= 4 is 5.91 Å². The minimum Gasteiger partial charge on any atom is -0.393 e. The van der Waals surface area contributed by atoms with Crippen LogP contribution in [0, 0.1) is 5.92 Å². The van der Waals surface area contributed by atoms with E-state index in [1.54, 1.807) is 11.8 Å². The van der Waals surface area contributed by atoms with Crippen LogP contribution in [0.2, 0.25) is 0 Å². The molecule has 1 aliphatic rings. The Hall–Kier alpha value is -1.56. The molecule has 3 nitrogen and oxygen atoms in total. The van der Waals surface area contributed by atoms with E-state index in [0.29, 0.717) is 18.7 Å². The van der Waals surface area contributed by atoms with Gasteiger partial charge in [-0.1, -0.05) is 18.2 Å². The van der Waals surface area contributed by atoms with E-state index in [1.807, 2.05) is 0 Å². The molecule has 1 saturated heterocycles. The summed E-state index contributed by atoms with van der Waals surface area (Å²) < 4.78 is 37.9. The molecule has 0 saturated carbocycles. The Morgan fingerprint density at radius 2 is 2.19 bits per heavy atom. The molecule has 1 heterocycles. The van der Waals surface area contributed by atoms with Gasteiger partial charge >= 0.3 is 6.18 Å². The molecule has 1 aromatic rings. The number of halogens is 3. The topological polar surface area (TPSA) is 40.5 Å². The molecular formula is C15H18F3NO2. The molecule has 1 amide bonds. The molecule has 0 radical (unpaired) electrons. The third-order valence-electron chi connectivity index (χ3n) is 3.87. The van der Waals surface area contributed by atoms with Crippen LogP contribution in [0.1, 0.15) is 24.5 Å². The van der Waals surface area contributed by atoms with Crippen LogP contribution in [-0.4, -0.2) is 35.1 Å². The molecule has 116 valence electrons. The zero-order chi connectivity index (χ0) is 15.6. The van der Waals surface area contributed by atoms with Gasteiger partial charge in [-0.15, -0.1) is 0 Å². The van der Waals surface area contributed by atoms with Crippen molar-refractivity contribution in [2.24, 2.45) is 5.92 Å². The molecule has 0 spiro atoms. The van der Waals surface area contributed by atoms with Crippen LogP contribution >= 0.6 is 0 Å². The fourth-order valence-electron chi connectivity index (χ4n) is 2.55. The fraction of sp³-hybridized carbons (Fsp3) is 0.533. The molecule has 2 rings (SSSR count).